The zero-order valence-electron chi connectivity index (χ0n) is 14.7. The van der Waals surface area contributed by atoms with Gasteiger partial charge in [-0.25, -0.2) is 16.8 Å². The highest BCUT2D eigenvalue weighted by atomic mass is 35.5. The van der Waals surface area contributed by atoms with E-state index in [-0.39, 0.29) is 33.9 Å². The number of aryl methyl sites for hydroxylation is 1. The molecule has 1 aromatic carbocycles. The first-order valence-corrected chi connectivity index (χ1v) is 12.1. The molecule has 5 nitrogen and oxygen atoms in total. The molecular weight excluding hydrogens is 405 g/mol. The largest absolute Gasteiger partial charge is 0.245 e. The second kappa shape index (κ2) is 7.35. The molecule has 0 N–H and O–H groups in total. The van der Waals surface area contributed by atoms with Crippen LogP contribution in [0.3, 0.4) is 0 Å². The second-order valence-corrected chi connectivity index (χ2v) is 11.8. The van der Waals surface area contributed by atoms with Gasteiger partial charge in [-0.15, -0.1) is 0 Å². The van der Waals surface area contributed by atoms with Crippen molar-refractivity contribution in [3.05, 3.63) is 27.2 Å². The van der Waals surface area contributed by atoms with E-state index in [0.29, 0.717) is 22.6 Å². The third-order valence-electron chi connectivity index (χ3n) is 4.32. The fourth-order valence-electron chi connectivity index (χ4n) is 3.04. The Kier molecular flexibility index (Phi) is 6.16. The summed E-state index contributed by atoms with van der Waals surface area (Å²) in [7, 11) is -7.20. The summed E-state index contributed by atoms with van der Waals surface area (Å²) >= 11 is 12.5. The van der Waals surface area contributed by atoms with Crippen molar-refractivity contribution in [3.63, 3.8) is 0 Å². The van der Waals surface area contributed by atoms with E-state index in [2.05, 4.69) is 0 Å². The molecule has 1 heterocycles. The average Bonchev–Trinajstić information content (AvgIpc) is 2.82. The van der Waals surface area contributed by atoms with Crippen LogP contribution in [0.4, 0.5) is 0 Å². The van der Waals surface area contributed by atoms with Crippen molar-refractivity contribution in [2.75, 3.05) is 18.1 Å². The Morgan fingerprint density at radius 3 is 2.36 bits per heavy atom. The lowest BCUT2D eigenvalue weighted by atomic mass is 10.2. The summed E-state index contributed by atoms with van der Waals surface area (Å²) in [6.45, 7) is 7.32. The third kappa shape index (κ3) is 4.33. The van der Waals surface area contributed by atoms with Crippen molar-refractivity contribution in [3.8, 4) is 0 Å². The smallest absolute Gasteiger partial charge is 0.229 e. The Labute approximate surface area is 160 Å². The molecule has 0 bridgehead atoms. The van der Waals surface area contributed by atoms with Gasteiger partial charge in [0, 0.05) is 17.6 Å². The fourth-order valence-corrected chi connectivity index (χ4v) is 7.86. The standard InChI is InChI=1S/C16H23Cl2NO4S2/c1-10(2)8-19(13-5-6-24(20,21)9-13)25(22,23)16-12(4)14(17)7-11(3)15(16)18/h7,10,13H,5-6,8-9H2,1-4H3. The van der Waals surface area contributed by atoms with Crippen LogP contribution in [0.25, 0.3) is 0 Å². The predicted molar refractivity (Wildman–Crippen MR) is 102 cm³/mol. The van der Waals surface area contributed by atoms with E-state index in [4.69, 9.17) is 23.2 Å². The molecular formula is C16H23Cl2NO4S2. The minimum Gasteiger partial charge on any atom is -0.229 e. The lowest BCUT2D eigenvalue weighted by Crippen LogP contribution is -2.43. The number of hydrogen-bond donors (Lipinski definition) is 0. The zero-order chi connectivity index (χ0) is 19.2. The molecule has 0 saturated carbocycles. The van der Waals surface area contributed by atoms with Crippen molar-refractivity contribution >= 4 is 43.1 Å². The first-order valence-electron chi connectivity index (χ1n) is 8.04. The predicted octanol–water partition coefficient (Wildman–Crippen LogP) is 3.44. The number of sulfone groups is 1. The van der Waals surface area contributed by atoms with Gasteiger partial charge in [0.05, 0.1) is 16.5 Å². The number of halogens is 2. The van der Waals surface area contributed by atoms with Crippen molar-refractivity contribution in [1.82, 2.24) is 4.31 Å². The Bertz CT molecular complexity index is 854. The van der Waals surface area contributed by atoms with E-state index in [0.717, 1.165) is 0 Å². The van der Waals surface area contributed by atoms with Crippen LogP contribution in [0, 0.1) is 19.8 Å². The number of hydrogen-bond acceptors (Lipinski definition) is 4. The highest BCUT2D eigenvalue weighted by Crippen LogP contribution is 2.37. The van der Waals surface area contributed by atoms with Gasteiger partial charge >= 0.3 is 0 Å². The van der Waals surface area contributed by atoms with Gasteiger partial charge in [-0.1, -0.05) is 37.0 Å². The molecule has 1 saturated heterocycles. The van der Waals surface area contributed by atoms with Crippen LogP contribution in [0.1, 0.15) is 31.4 Å². The number of benzene rings is 1. The Morgan fingerprint density at radius 2 is 1.88 bits per heavy atom. The average molecular weight is 428 g/mol. The molecule has 1 aliphatic rings. The van der Waals surface area contributed by atoms with Crippen LogP contribution in [-0.4, -0.2) is 45.2 Å². The second-order valence-electron chi connectivity index (χ2n) is 6.97. The summed E-state index contributed by atoms with van der Waals surface area (Å²) in [5.41, 5.74) is 0.950. The molecule has 0 amide bonds. The maximum Gasteiger partial charge on any atom is 0.245 e. The van der Waals surface area contributed by atoms with Crippen LogP contribution in [0.15, 0.2) is 11.0 Å². The minimum absolute atomic E-state index is 0.00305. The zero-order valence-corrected chi connectivity index (χ0v) is 17.9. The van der Waals surface area contributed by atoms with E-state index in [9.17, 15) is 16.8 Å². The van der Waals surface area contributed by atoms with Crippen molar-refractivity contribution in [1.29, 1.82) is 0 Å². The monoisotopic (exact) mass is 427 g/mol. The van der Waals surface area contributed by atoms with Crippen LogP contribution < -0.4 is 0 Å². The summed E-state index contributed by atoms with van der Waals surface area (Å²) in [4.78, 5) is -0.0240. The molecule has 142 valence electrons. The summed E-state index contributed by atoms with van der Waals surface area (Å²) in [6, 6.07) is 1.05. The lowest BCUT2D eigenvalue weighted by Gasteiger charge is -2.30. The number of nitrogens with zero attached hydrogens (tertiary/aromatic N) is 1. The Balaban J connectivity index is 2.61. The van der Waals surface area contributed by atoms with E-state index in [1.807, 2.05) is 13.8 Å². The van der Waals surface area contributed by atoms with Crippen LogP contribution in [0.2, 0.25) is 10.0 Å². The SMILES string of the molecule is Cc1cc(Cl)c(C)c(S(=O)(=O)N(CC(C)C)C2CCS(=O)(=O)C2)c1Cl. The summed E-state index contributed by atoms with van der Waals surface area (Å²) in [5.74, 6) is -0.115. The van der Waals surface area contributed by atoms with E-state index >= 15 is 0 Å². The van der Waals surface area contributed by atoms with E-state index in [1.165, 1.54) is 4.31 Å². The summed E-state index contributed by atoms with van der Waals surface area (Å²) < 4.78 is 51.8. The summed E-state index contributed by atoms with van der Waals surface area (Å²) in [5, 5.41) is 0.459. The minimum atomic E-state index is -3.98. The molecule has 9 heteroatoms. The molecule has 0 spiro atoms. The van der Waals surface area contributed by atoms with Gasteiger partial charge in [0.1, 0.15) is 4.90 Å². The molecule has 0 radical (unpaired) electrons. The van der Waals surface area contributed by atoms with Crippen molar-refractivity contribution < 1.29 is 16.8 Å². The van der Waals surface area contributed by atoms with Crippen LogP contribution in [-0.2, 0) is 19.9 Å². The topological polar surface area (TPSA) is 71.5 Å². The molecule has 25 heavy (non-hydrogen) atoms. The third-order valence-corrected chi connectivity index (χ3v) is 9.15. The molecule has 0 aliphatic carbocycles. The number of sulfonamides is 1. The maximum absolute atomic E-state index is 13.4. The van der Waals surface area contributed by atoms with Gasteiger partial charge in [-0.05, 0) is 43.4 Å². The first kappa shape index (κ1) is 21.0. The van der Waals surface area contributed by atoms with Gasteiger partial charge < -0.3 is 0 Å². The highest BCUT2D eigenvalue weighted by molar-refractivity contribution is 7.92. The van der Waals surface area contributed by atoms with Gasteiger partial charge in [-0.3, -0.25) is 0 Å². The lowest BCUT2D eigenvalue weighted by molar-refractivity contribution is 0.307. The Morgan fingerprint density at radius 1 is 1.28 bits per heavy atom. The van der Waals surface area contributed by atoms with Gasteiger partial charge in [0.15, 0.2) is 9.84 Å². The first-order chi connectivity index (χ1) is 11.4. The van der Waals surface area contributed by atoms with Gasteiger partial charge in [0.25, 0.3) is 0 Å². The van der Waals surface area contributed by atoms with Crippen LogP contribution >= 0.6 is 23.2 Å². The maximum atomic E-state index is 13.4. The fraction of sp³-hybridized carbons (Fsp3) is 0.625. The number of rotatable bonds is 5. The van der Waals surface area contributed by atoms with Gasteiger partial charge in [-0.2, -0.15) is 4.31 Å². The normalized spacial score (nSPS) is 20.6. The van der Waals surface area contributed by atoms with E-state index in [1.54, 1.807) is 19.9 Å². The van der Waals surface area contributed by atoms with Crippen molar-refractivity contribution in [2.24, 2.45) is 5.92 Å². The molecule has 1 unspecified atom stereocenters. The molecule has 1 aromatic rings. The molecule has 2 rings (SSSR count). The molecule has 0 aromatic heterocycles. The summed E-state index contributed by atoms with van der Waals surface area (Å²) in [6.07, 6.45) is 0.296. The molecule has 1 aliphatic heterocycles. The molecule has 1 atom stereocenters. The van der Waals surface area contributed by atoms with Crippen LogP contribution in [0.5, 0.6) is 0 Å². The highest BCUT2D eigenvalue weighted by Gasteiger charge is 2.40. The van der Waals surface area contributed by atoms with Gasteiger partial charge in [0.2, 0.25) is 10.0 Å². The Hall–Kier alpha value is -0.340. The molecule has 1 fully saturated rings. The quantitative estimate of drug-likeness (QED) is 0.720. The van der Waals surface area contributed by atoms with E-state index < -0.39 is 25.9 Å². The van der Waals surface area contributed by atoms with Crippen molar-refractivity contribution in [2.45, 2.75) is 45.1 Å².